The van der Waals surface area contributed by atoms with Crippen LogP contribution in [0.25, 0.3) is 0 Å². The number of aliphatic carboxylic acids is 1. The van der Waals surface area contributed by atoms with Gasteiger partial charge >= 0.3 is 5.97 Å². The molecule has 0 saturated heterocycles. The van der Waals surface area contributed by atoms with Crippen molar-refractivity contribution in [3.8, 4) is 0 Å². The molecule has 2 N–H and O–H groups in total. The maximum absolute atomic E-state index is 10.7. The molecule has 0 rings (SSSR count). The summed E-state index contributed by atoms with van der Waals surface area (Å²) < 4.78 is 0. The van der Waals surface area contributed by atoms with E-state index < -0.39 is 12.0 Å². The molecule has 0 aromatic heterocycles. The van der Waals surface area contributed by atoms with Crippen molar-refractivity contribution < 1.29 is 9.90 Å². The second-order valence-electron chi connectivity index (χ2n) is 3.06. The van der Waals surface area contributed by atoms with Crippen LogP contribution in [0.4, 0.5) is 0 Å². The van der Waals surface area contributed by atoms with Crippen molar-refractivity contribution in [1.82, 2.24) is 5.32 Å². The summed E-state index contributed by atoms with van der Waals surface area (Å²) in [5.74, 6) is -0.627. The predicted molar refractivity (Wildman–Crippen MR) is 52.7 cm³/mol. The zero-order chi connectivity index (χ0) is 9.56. The normalized spacial score (nSPS) is 13.3. The second kappa shape index (κ2) is 6.43. The number of nitrogens with one attached hydrogen (secondary N) is 1. The summed E-state index contributed by atoms with van der Waals surface area (Å²) in [7, 11) is 0. The van der Waals surface area contributed by atoms with E-state index >= 15 is 0 Å². The van der Waals surface area contributed by atoms with Crippen LogP contribution in [0.3, 0.4) is 0 Å². The van der Waals surface area contributed by atoms with Gasteiger partial charge in [0.05, 0.1) is 0 Å². The van der Waals surface area contributed by atoms with E-state index in [9.17, 15) is 4.79 Å². The minimum absolute atomic E-state index is 0.137. The maximum Gasteiger partial charge on any atom is 0.320 e. The van der Waals surface area contributed by atoms with Crippen molar-refractivity contribution in [2.45, 2.75) is 26.3 Å². The van der Waals surface area contributed by atoms with Gasteiger partial charge in [0.2, 0.25) is 0 Å². The first kappa shape index (κ1) is 11.9. The zero-order valence-electron chi connectivity index (χ0n) is 7.51. The number of carboxylic acids is 1. The molecular weight excluding hydrogens is 222 g/mol. The molecule has 0 aliphatic carbocycles. The standard InChI is InChI=1S/C8H16BrNO2/c1-6(2)7(8(11)12)10-5-3-4-9/h6-7,10H,3-5H2,1-2H3,(H,11,12). The SMILES string of the molecule is CC(C)C(NCCCBr)C(=O)O. The number of rotatable bonds is 6. The Kier molecular flexibility index (Phi) is 6.38. The molecular formula is C8H16BrNO2. The van der Waals surface area contributed by atoms with Crippen LogP contribution < -0.4 is 5.32 Å². The number of carbonyl (C=O) groups is 1. The summed E-state index contributed by atoms with van der Waals surface area (Å²) in [5, 5.41) is 12.7. The molecule has 0 heterocycles. The molecule has 1 unspecified atom stereocenters. The smallest absolute Gasteiger partial charge is 0.320 e. The Morgan fingerprint density at radius 2 is 2.17 bits per heavy atom. The van der Waals surface area contributed by atoms with Crippen molar-refractivity contribution in [2.75, 3.05) is 11.9 Å². The molecule has 1 atom stereocenters. The number of hydrogen-bond acceptors (Lipinski definition) is 2. The Morgan fingerprint density at radius 3 is 2.50 bits per heavy atom. The zero-order valence-corrected chi connectivity index (χ0v) is 9.10. The lowest BCUT2D eigenvalue weighted by Crippen LogP contribution is -2.41. The fourth-order valence-electron chi connectivity index (χ4n) is 0.933. The Hall–Kier alpha value is -0.0900. The van der Waals surface area contributed by atoms with Gasteiger partial charge in [-0.3, -0.25) is 4.79 Å². The molecule has 72 valence electrons. The fourth-order valence-corrected chi connectivity index (χ4v) is 1.21. The van der Waals surface area contributed by atoms with Crippen molar-refractivity contribution in [1.29, 1.82) is 0 Å². The van der Waals surface area contributed by atoms with E-state index in [4.69, 9.17) is 5.11 Å². The molecule has 0 fully saturated rings. The molecule has 0 spiro atoms. The van der Waals surface area contributed by atoms with Crippen LogP contribution in [0, 0.1) is 5.92 Å². The Bertz CT molecular complexity index is 139. The summed E-state index contributed by atoms with van der Waals surface area (Å²) >= 11 is 3.29. The maximum atomic E-state index is 10.7. The average molecular weight is 238 g/mol. The van der Waals surface area contributed by atoms with Crippen LogP contribution in [-0.2, 0) is 4.79 Å². The molecule has 12 heavy (non-hydrogen) atoms. The molecule has 0 aromatic rings. The van der Waals surface area contributed by atoms with E-state index in [2.05, 4.69) is 21.2 Å². The molecule has 0 aromatic carbocycles. The minimum Gasteiger partial charge on any atom is -0.480 e. The summed E-state index contributed by atoms with van der Waals surface area (Å²) in [5.41, 5.74) is 0. The molecule has 4 heteroatoms. The van der Waals surface area contributed by atoms with Crippen LogP contribution in [-0.4, -0.2) is 29.0 Å². The predicted octanol–water partition coefficient (Wildman–Crippen LogP) is 1.47. The van der Waals surface area contributed by atoms with Gasteiger partial charge in [-0.15, -0.1) is 0 Å². The van der Waals surface area contributed by atoms with Crippen molar-refractivity contribution >= 4 is 21.9 Å². The Balaban J connectivity index is 3.72. The largest absolute Gasteiger partial charge is 0.480 e. The quantitative estimate of drug-likeness (QED) is 0.544. The van der Waals surface area contributed by atoms with Gasteiger partial charge in [0, 0.05) is 5.33 Å². The minimum atomic E-state index is -0.764. The highest BCUT2D eigenvalue weighted by Crippen LogP contribution is 2.01. The molecule has 0 radical (unpaired) electrons. The first-order valence-electron chi connectivity index (χ1n) is 4.11. The number of carboxylic acid groups (broad SMARTS) is 1. The number of alkyl halides is 1. The van der Waals surface area contributed by atoms with E-state index in [1.165, 1.54) is 0 Å². The highest BCUT2D eigenvalue weighted by molar-refractivity contribution is 9.09. The van der Waals surface area contributed by atoms with Crippen LogP contribution in [0.5, 0.6) is 0 Å². The van der Waals surface area contributed by atoms with Gasteiger partial charge in [0.15, 0.2) is 0 Å². The van der Waals surface area contributed by atoms with E-state index in [0.29, 0.717) is 0 Å². The molecule has 3 nitrogen and oxygen atoms in total. The van der Waals surface area contributed by atoms with Gasteiger partial charge in [0.25, 0.3) is 0 Å². The average Bonchev–Trinajstić information content (AvgIpc) is 1.96. The molecule has 0 saturated carbocycles. The van der Waals surface area contributed by atoms with E-state index in [0.717, 1.165) is 18.3 Å². The van der Waals surface area contributed by atoms with Crippen molar-refractivity contribution in [3.05, 3.63) is 0 Å². The lowest BCUT2D eigenvalue weighted by molar-refractivity contribution is -0.140. The second-order valence-corrected chi connectivity index (χ2v) is 3.85. The molecule has 0 bridgehead atoms. The third-order valence-electron chi connectivity index (χ3n) is 1.61. The van der Waals surface area contributed by atoms with Crippen LogP contribution in [0.1, 0.15) is 20.3 Å². The van der Waals surface area contributed by atoms with Gasteiger partial charge in [-0.25, -0.2) is 0 Å². The third-order valence-corrected chi connectivity index (χ3v) is 2.17. The number of hydrogen-bond donors (Lipinski definition) is 2. The highest BCUT2D eigenvalue weighted by Gasteiger charge is 2.19. The van der Waals surface area contributed by atoms with E-state index in [1.54, 1.807) is 0 Å². The Labute approximate surface area is 81.7 Å². The molecule has 0 amide bonds. The van der Waals surface area contributed by atoms with Crippen LogP contribution in [0.15, 0.2) is 0 Å². The van der Waals surface area contributed by atoms with Gasteiger partial charge in [-0.2, -0.15) is 0 Å². The van der Waals surface area contributed by atoms with E-state index in [-0.39, 0.29) is 5.92 Å². The lowest BCUT2D eigenvalue weighted by Gasteiger charge is -2.17. The van der Waals surface area contributed by atoms with Crippen molar-refractivity contribution in [2.24, 2.45) is 5.92 Å². The Morgan fingerprint density at radius 1 is 1.58 bits per heavy atom. The lowest BCUT2D eigenvalue weighted by atomic mass is 10.1. The van der Waals surface area contributed by atoms with Gasteiger partial charge in [0.1, 0.15) is 6.04 Å². The molecule has 0 aliphatic heterocycles. The van der Waals surface area contributed by atoms with Crippen molar-refractivity contribution in [3.63, 3.8) is 0 Å². The first-order valence-corrected chi connectivity index (χ1v) is 5.24. The third kappa shape index (κ3) is 4.72. The van der Waals surface area contributed by atoms with Gasteiger partial charge in [-0.05, 0) is 18.9 Å². The monoisotopic (exact) mass is 237 g/mol. The van der Waals surface area contributed by atoms with Gasteiger partial charge < -0.3 is 10.4 Å². The van der Waals surface area contributed by atoms with Gasteiger partial charge in [-0.1, -0.05) is 29.8 Å². The fraction of sp³-hybridized carbons (Fsp3) is 0.875. The molecule has 0 aliphatic rings. The number of halogens is 1. The first-order chi connectivity index (χ1) is 5.59. The van der Waals surface area contributed by atoms with Crippen LogP contribution >= 0.6 is 15.9 Å². The summed E-state index contributed by atoms with van der Waals surface area (Å²) in [6.45, 7) is 4.56. The summed E-state index contributed by atoms with van der Waals surface area (Å²) in [6, 6.07) is -0.413. The highest BCUT2D eigenvalue weighted by atomic mass is 79.9. The summed E-state index contributed by atoms with van der Waals surface area (Å²) in [6.07, 6.45) is 0.955. The van der Waals surface area contributed by atoms with Crippen LogP contribution in [0.2, 0.25) is 0 Å². The topological polar surface area (TPSA) is 49.3 Å². The van der Waals surface area contributed by atoms with E-state index in [1.807, 2.05) is 13.8 Å². The summed E-state index contributed by atoms with van der Waals surface area (Å²) in [4.78, 5) is 10.7.